The van der Waals surface area contributed by atoms with E-state index in [1.54, 1.807) is 29.6 Å². The van der Waals surface area contributed by atoms with E-state index in [2.05, 4.69) is 6.92 Å². The smallest absolute Gasteiger partial charge is 0.368 e. The van der Waals surface area contributed by atoms with Gasteiger partial charge in [-0.05, 0) is 47.9 Å². The van der Waals surface area contributed by atoms with Gasteiger partial charge in [-0.3, -0.25) is 9.11 Å². The highest BCUT2D eigenvalue weighted by atomic mass is 32.3. The van der Waals surface area contributed by atoms with E-state index >= 15 is 0 Å². The van der Waals surface area contributed by atoms with Crippen LogP contribution >= 0.6 is 22.5 Å². The Balaban J connectivity index is 2.22. The molecule has 1 heterocycles. The lowest BCUT2D eigenvalue weighted by Crippen LogP contribution is -2.33. The zero-order valence-corrected chi connectivity index (χ0v) is 21.5. The lowest BCUT2D eigenvalue weighted by molar-refractivity contribution is -0.134. The van der Waals surface area contributed by atoms with Gasteiger partial charge >= 0.3 is 5.97 Å². The largest absolute Gasteiger partial charge is 0.476 e. The Bertz CT molecular complexity index is 1080. The van der Waals surface area contributed by atoms with E-state index in [1.807, 2.05) is 6.92 Å². The summed E-state index contributed by atoms with van der Waals surface area (Å²) in [4.78, 5) is 11.7. The summed E-state index contributed by atoms with van der Waals surface area (Å²) in [6, 6.07) is 9.30. The lowest BCUT2D eigenvalue weighted by Gasteiger charge is -2.44. The molecule has 2 atom stereocenters. The van der Waals surface area contributed by atoms with Crippen molar-refractivity contribution in [3.63, 3.8) is 0 Å². The van der Waals surface area contributed by atoms with Crippen molar-refractivity contribution in [2.75, 3.05) is 12.8 Å². The van der Waals surface area contributed by atoms with E-state index in [-0.39, 0.29) is 28.4 Å². The highest BCUT2D eigenvalue weighted by molar-refractivity contribution is 8.22. The number of aliphatic carboxylic acids is 1. The van der Waals surface area contributed by atoms with Crippen LogP contribution in [0.25, 0.3) is 0 Å². The fourth-order valence-corrected chi connectivity index (χ4v) is 6.72. The number of nitrogens with zero attached hydrogens (tertiary/aromatic N) is 1. The number of carboxylic acids is 1. The van der Waals surface area contributed by atoms with Crippen LogP contribution in [0.15, 0.2) is 58.3 Å². The van der Waals surface area contributed by atoms with Crippen molar-refractivity contribution in [1.29, 1.82) is 0 Å². The summed E-state index contributed by atoms with van der Waals surface area (Å²) >= 11 is 1.41. The Morgan fingerprint density at radius 2 is 1.94 bits per heavy atom. The summed E-state index contributed by atoms with van der Waals surface area (Å²) in [5, 5.41) is 8.82. The molecule has 0 spiro atoms. The minimum Gasteiger partial charge on any atom is -0.476 e. The monoisotopic (exact) mass is 527 g/mol. The third kappa shape index (κ3) is 6.18. The molecule has 2 unspecified atom stereocenters. The Morgan fingerprint density at radius 1 is 1.26 bits per heavy atom. The van der Waals surface area contributed by atoms with Crippen LogP contribution in [0, 0.1) is 5.82 Å². The summed E-state index contributed by atoms with van der Waals surface area (Å²) < 4.78 is 57.2. The summed E-state index contributed by atoms with van der Waals surface area (Å²) in [6.45, 7) is 4.00. The van der Waals surface area contributed by atoms with Crippen molar-refractivity contribution in [3.05, 3.63) is 65.4 Å². The molecule has 0 saturated heterocycles. The zero-order chi connectivity index (χ0) is 25.8. The minimum absolute atomic E-state index is 0.130. The third-order valence-corrected chi connectivity index (χ3v) is 9.09. The molecule has 6 nitrogen and oxygen atoms in total. The summed E-state index contributed by atoms with van der Waals surface area (Å²) in [7, 11) is -1.78. The molecule has 0 amide bonds. The van der Waals surface area contributed by atoms with Crippen molar-refractivity contribution < 1.29 is 32.5 Å². The summed E-state index contributed by atoms with van der Waals surface area (Å²) in [5.41, 5.74) is 1.52. The van der Waals surface area contributed by atoms with Gasteiger partial charge in [0, 0.05) is 25.1 Å². The normalized spacial score (nSPS) is 21.2. The molecule has 2 aromatic rings. The summed E-state index contributed by atoms with van der Waals surface area (Å²) in [6.07, 6.45) is 3.70. The number of benzene rings is 2. The Labute approximate surface area is 210 Å². The van der Waals surface area contributed by atoms with Crippen LogP contribution in [0.5, 0.6) is 5.75 Å². The van der Waals surface area contributed by atoms with E-state index in [1.165, 1.54) is 30.0 Å². The third-order valence-electron chi connectivity index (χ3n) is 6.13. The number of carbonyl (C=O) groups is 1. The molecule has 0 radical (unpaired) electrons. The lowest BCUT2D eigenvalue weighted by atomic mass is 9.84. The second-order valence-corrected chi connectivity index (χ2v) is 11.7. The maximum Gasteiger partial charge on any atom is 0.368 e. The van der Waals surface area contributed by atoms with Gasteiger partial charge in [0.25, 0.3) is 0 Å². The number of rotatable bonds is 9. The topological polar surface area (TPSA) is 90.2 Å². The maximum absolute atomic E-state index is 13.7. The fraction of sp³-hybridized carbons (Fsp3) is 0.400. The van der Waals surface area contributed by atoms with Crippen molar-refractivity contribution in [3.8, 4) is 5.75 Å². The van der Waals surface area contributed by atoms with E-state index in [0.29, 0.717) is 28.9 Å². The van der Waals surface area contributed by atoms with Gasteiger partial charge in [-0.2, -0.15) is 4.39 Å². The minimum atomic E-state index is -3.46. The van der Waals surface area contributed by atoms with E-state index < -0.39 is 22.6 Å². The van der Waals surface area contributed by atoms with Crippen LogP contribution in [0.4, 0.5) is 8.78 Å². The van der Waals surface area contributed by atoms with E-state index in [4.69, 9.17) is 9.84 Å². The SMILES string of the molecule is CCCCC1CC(c2ccc(F)cc2)c2cc(SCC)c(O/C=C(\F)C(=O)O)cc2S(O)(O)N1C. The van der Waals surface area contributed by atoms with Gasteiger partial charge in [0.2, 0.25) is 5.83 Å². The van der Waals surface area contributed by atoms with Crippen molar-refractivity contribution in [2.45, 2.75) is 61.3 Å². The summed E-state index contributed by atoms with van der Waals surface area (Å²) in [5.74, 6) is -3.06. The number of thioether (sulfide) groups is 1. The molecule has 3 N–H and O–H groups in total. The fourth-order valence-electron chi connectivity index (χ4n) is 4.25. The van der Waals surface area contributed by atoms with Crippen LogP contribution in [0.1, 0.15) is 56.6 Å². The number of fused-ring (bicyclic) bond motifs is 1. The first-order chi connectivity index (χ1) is 16.6. The second-order valence-electron chi connectivity index (χ2n) is 8.36. The molecule has 1 aliphatic heterocycles. The molecule has 1 aliphatic rings. The molecular weight excluding hydrogens is 496 g/mol. The standard InChI is InChI=1S/C25H31F2NO5S2/c1-4-6-7-18-12-19(16-8-10-17(26)11-9-16)20-13-23(34-5-2)22(33-15-21(27)25(29)30)14-24(20)35(31,32)28(18)3/h8-11,13-15,18-19,31-32H,4-7,12H2,1-3H3,(H,29,30)/b21-15-. The van der Waals surface area contributed by atoms with Gasteiger partial charge in [-0.25, -0.2) is 13.5 Å². The molecule has 2 aromatic carbocycles. The quantitative estimate of drug-likeness (QED) is 0.180. The van der Waals surface area contributed by atoms with Gasteiger partial charge in [0.15, 0.2) is 0 Å². The molecule has 0 bridgehead atoms. The van der Waals surface area contributed by atoms with Crippen molar-refractivity contribution in [1.82, 2.24) is 4.31 Å². The van der Waals surface area contributed by atoms with Crippen molar-refractivity contribution in [2.24, 2.45) is 0 Å². The molecular formula is C25H31F2NO5S2. The van der Waals surface area contributed by atoms with Crippen LogP contribution in [0.2, 0.25) is 0 Å². The molecule has 35 heavy (non-hydrogen) atoms. The molecule has 10 heteroatoms. The molecule has 192 valence electrons. The van der Waals surface area contributed by atoms with Crippen molar-refractivity contribution >= 4 is 28.5 Å². The number of hydrogen-bond donors (Lipinski definition) is 3. The highest BCUT2D eigenvalue weighted by Gasteiger charge is 2.39. The number of halogens is 2. The number of ether oxygens (including phenoxy) is 1. The van der Waals surface area contributed by atoms with Gasteiger partial charge < -0.3 is 9.84 Å². The predicted molar refractivity (Wildman–Crippen MR) is 135 cm³/mol. The second kappa shape index (κ2) is 11.7. The average molecular weight is 528 g/mol. The van der Waals surface area contributed by atoms with Crippen LogP contribution in [-0.4, -0.2) is 43.3 Å². The van der Waals surface area contributed by atoms with Gasteiger partial charge in [-0.1, -0.05) is 38.8 Å². The first-order valence-corrected chi connectivity index (χ1v) is 13.9. The molecule has 0 saturated carbocycles. The van der Waals surface area contributed by atoms with Crippen LogP contribution in [-0.2, 0) is 4.79 Å². The van der Waals surface area contributed by atoms with Crippen LogP contribution < -0.4 is 4.74 Å². The molecule has 0 aromatic heterocycles. The van der Waals surface area contributed by atoms with Crippen LogP contribution in [0.3, 0.4) is 0 Å². The Hall–Kier alpha value is -2.11. The molecule has 0 aliphatic carbocycles. The van der Waals surface area contributed by atoms with E-state index in [9.17, 15) is 22.7 Å². The predicted octanol–water partition coefficient (Wildman–Crippen LogP) is 7.26. The Kier molecular flexibility index (Phi) is 9.22. The molecule has 3 rings (SSSR count). The molecule has 0 fully saturated rings. The first kappa shape index (κ1) is 27.5. The average Bonchev–Trinajstić information content (AvgIpc) is 2.90. The number of carboxylic acid groups (broad SMARTS) is 1. The number of unbranched alkanes of at least 4 members (excludes halogenated alkanes) is 1. The van der Waals surface area contributed by atoms with Gasteiger partial charge in [-0.15, -0.1) is 22.5 Å². The zero-order valence-electron chi connectivity index (χ0n) is 19.9. The van der Waals surface area contributed by atoms with Gasteiger partial charge in [0.05, 0.1) is 9.79 Å². The maximum atomic E-state index is 13.7. The number of hydrogen-bond acceptors (Lipinski definition) is 6. The highest BCUT2D eigenvalue weighted by Crippen LogP contribution is 2.60. The van der Waals surface area contributed by atoms with E-state index in [0.717, 1.165) is 24.8 Å². The first-order valence-electron chi connectivity index (χ1n) is 11.4. The van der Waals surface area contributed by atoms with Gasteiger partial charge in [0.1, 0.15) is 17.8 Å². The Morgan fingerprint density at radius 3 is 2.54 bits per heavy atom.